The van der Waals surface area contributed by atoms with Gasteiger partial charge in [0.1, 0.15) is 7.85 Å². The predicted molar refractivity (Wildman–Crippen MR) is 49.8 cm³/mol. The molecule has 2 nitrogen and oxygen atoms in total. The Morgan fingerprint density at radius 2 is 2.18 bits per heavy atom. The van der Waals surface area contributed by atoms with Crippen LogP contribution in [0, 0.1) is 0 Å². The first-order valence-corrected chi connectivity index (χ1v) is 3.74. The van der Waals surface area contributed by atoms with E-state index in [1.807, 2.05) is 12.4 Å². The van der Waals surface area contributed by atoms with Gasteiger partial charge in [0, 0.05) is 18.9 Å². The number of hydrogen-bond acceptors (Lipinski definition) is 2. The maximum absolute atomic E-state index is 4.11. The van der Waals surface area contributed by atoms with E-state index < -0.39 is 0 Å². The van der Waals surface area contributed by atoms with Crippen LogP contribution in [0.4, 0.5) is 0 Å². The monoisotopic (exact) mass is 148 g/mol. The van der Waals surface area contributed by atoms with E-state index in [1.165, 1.54) is 11.0 Å². The molecule has 0 atom stereocenters. The van der Waals surface area contributed by atoms with E-state index in [0.717, 1.165) is 6.54 Å². The molecule has 0 radical (unpaired) electrons. The van der Waals surface area contributed by atoms with Gasteiger partial charge in [0.25, 0.3) is 0 Å². The lowest BCUT2D eigenvalue weighted by Crippen LogP contribution is -2.13. The molecule has 0 bridgehead atoms. The van der Waals surface area contributed by atoms with Gasteiger partial charge in [-0.2, -0.15) is 0 Å². The Hall–Kier alpha value is -0.825. The minimum atomic E-state index is 0.967. The van der Waals surface area contributed by atoms with Crippen molar-refractivity contribution >= 4 is 13.3 Å². The molecule has 0 aromatic carbocycles. The van der Waals surface area contributed by atoms with E-state index in [9.17, 15) is 0 Å². The summed E-state index contributed by atoms with van der Waals surface area (Å²) in [6.07, 6.45) is 3.78. The Kier molecular flexibility index (Phi) is 2.66. The van der Waals surface area contributed by atoms with Gasteiger partial charge >= 0.3 is 0 Å². The molecular formula is C8H13BN2. The third-order valence-electron chi connectivity index (χ3n) is 1.43. The number of nitrogens with zero attached hydrogens (tertiary/aromatic N) is 2. The first-order valence-electron chi connectivity index (χ1n) is 3.74. The second kappa shape index (κ2) is 3.53. The SMILES string of the molecule is Bc1cncc(CN(C)C)c1. The summed E-state index contributed by atoms with van der Waals surface area (Å²) in [4.78, 5) is 6.25. The summed E-state index contributed by atoms with van der Waals surface area (Å²) < 4.78 is 0. The van der Waals surface area contributed by atoms with Crippen LogP contribution in [-0.4, -0.2) is 31.8 Å². The minimum absolute atomic E-state index is 0.967. The molecule has 1 aromatic heterocycles. The Morgan fingerprint density at radius 1 is 1.45 bits per heavy atom. The number of aromatic nitrogens is 1. The molecule has 3 heteroatoms. The van der Waals surface area contributed by atoms with Crippen LogP contribution < -0.4 is 5.46 Å². The van der Waals surface area contributed by atoms with Gasteiger partial charge < -0.3 is 4.90 Å². The van der Waals surface area contributed by atoms with E-state index in [-0.39, 0.29) is 0 Å². The van der Waals surface area contributed by atoms with Crippen LogP contribution in [0.15, 0.2) is 18.5 Å². The van der Waals surface area contributed by atoms with Gasteiger partial charge in [-0.1, -0.05) is 11.5 Å². The minimum Gasteiger partial charge on any atom is -0.305 e. The second-order valence-electron chi connectivity index (χ2n) is 3.11. The molecule has 0 fully saturated rings. The molecule has 0 aliphatic rings. The molecule has 0 N–H and O–H groups in total. The standard InChI is InChI=1S/C8H13BN2/c1-11(2)6-7-3-8(9)5-10-4-7/h3-5H,6,9H2,1-2H3. The zero-order valence-corrected chi connectivity index (χ0v) is 7.33. The van der Waals surface area contributed by atoms with Crippen LogP contribution in [-0.2, 0) is 6.54 Å². The molecule has 0 saturated heterocycles. The first kappa shape index (κ1) is 8.27. The lowest BCUT2D eigenvalue weighted by molar-refractivity contribution is 0.402. The highest BCUT2D eigenvalue weighted by atomic mass is 15.0. The van der Waals surface area contributed by atoms with Gasteiger partial charge in [-0.15, -0.1) is 0 Å². The van der Waals surface area contributed by atoms with Crippen LogP contribution in [0.2, 0.25) is 0 Å². The van der Waals surface area contributed by atoms with Gasteiger partial charge in [0.15, 0.2) is 0 Å². The summed E-state index contributed by atoms with van der Waals surface area (Å²) in [5.41, 5.74) is 2.50. The highest BCUT2D eigenvalue weighted by molar-refractivity contribution is 6.32. The summed E-state index contributed by atoms with van der Waals surface area (Å²) in [5, 5.41) is 0. The van der Waals surface area contributed by atoms with Crippen LogP contribution in [0.3, 0.4) is 0 Å². The van der Waals surface area contributed by atoms with Gasteiger partial charge in [-0.3, -0.25) is 4.98 Å². The zero-order valence-electron chi connectivity index (χ0n) is 7.33. The topological polar surface area (TPSA) is 16.1 Å². The molecule has 58 valence electrons. The Labute approximate surface area is 68.7 Å². The van der Waals surface area contributed by atoms with Gasteiger partial charge in [0.05, 0.1) is 0 Å². The summed E-state index contributed by atoms with van der Waals surface area (Å²) in [6, 6.07) is 2.16. The van der Waals surface area contributed by atoms with E-state index in [2.05, 4.69) is 37.9 Å². The average molecular weight is 148 g/mol. The van der Waals surface area contributed by atoms with Crippen molar-refractivity contribution < 1.29 is 0 Å². The van der Waals surface area contributed by atoms with Crippen molar-refractivity contribution in [1.82, 2.24) is 9.88 Å². The normalized spacial score (nSPS) is 10.5. The fourth-order valence-corrected chi connectivity index (χ4v) is 1.07. The van der Waals surface area contributed by atoms with Crippen molar-refractivity contribution in [3.05, 3.63) is 24.0 Å². The molecule has 0 saturated carbocycles. The predicted octanol–water partition coefficient (Wildman–Crippen LogP) is -0.598. The fraction of sp³-hybridized carbons (Fsp3) is 0.375. The van der Waals surface area contributed by atoms with Crippen molar-refractivity contribution in [2.24, 2.45) is 0 Å². The Morgan fingerprint density at radius 3 is 2.73 bits per heavy atom. The van der Waals surface area contributed by atoms with Crippen LogP contribution >= 0.6 is 0 Å². The van der Waals surface area contributed by atoms with Crippen LogP contribution in [0.5, 0.6) is 0 Å². The van der Waals surface area contributed by atoms with Crippen molar-refractivity contribution in [2.45, 2.75) is 6.54 Å². The molecule has 11 heavy (non-hydrogen) atoms. The summed E-state index contributed by atoms with van der Waals surface area (Å²) >= 11 is 0. The third-order valence-corrected chi connectivity index (χ3v) is 1.43. The number of hydrogen-bond donors (Lipinski definition) is 0. The lowest BCUT2D eigenvalue weighted by atomic mass is 9.97. The molecule has 1 heterocycles. The van der Waals surface area contributed by atoms with Crippen molar-refractivity contribution in [2.75, 3.05) is 14.1 Å². The summed E-state index contributed by atoms with van der Waals surface area (Å²) in [6.45, 7) is 0.967. The lowest BCUT2D eigenvalue weighted by Gasteiger charge is -2.08. The van der Waals surface area contributed by atoms with Gasteiger partial charge in [-0.05, 0) is 19.7 Å². The number of rotatable bonds is 2. The molecule has 0 spiro atoms. The molecule has 1 aromatic rings. The van der Waals surface area contributed by atoms with Gasteiger partial charge in [0.2, 0.25) is 0 Å². The van der Waals surface area contributed by atoms with E-state index in [4.69, 9.17) is 0 Å². The van der Waals surface area contributed by atoms with E-state index in [0.29, 0.717) is 0 Å². The van der Waals surface area contributed by atoms with Crippen molar-refractivity contribution in [1.29, 1.82) is 0 Å². The molecular weight excluding hydrogens is 135 g/mol. The van der Waals surface area contributed by atoms with E-state index >= 15 is 0 Å². The van der Waals surface area contributed by atoms with Crippen LogP contribution in [0.1, 0.15) is 5.56 Å². The summed E-state index contributed by atoms with van der Waals surface area (Å²) in [7, 11) is 6.18. The van der Waals surface area contributed by atoms with E-state index in [1.54, 1.807) is 0 Å². The molecule has 1 rings (SSSR count). The smallest absolute Gasteiger partial charge is 0.141 e. The Balaban J connectivity index is 2.71. The Bertz CT molecular complexity index is 235. The molecule has 0 aliphatic carbocycles. The molecule has 0 aliphatic heterocycles. The first-order chi connectivity index (χ1) is 5.18. The molecule has 0 unspecified atom stereocenters. The highest BCUT2D eigenvalue weighted by Gasteiger charge is 1.94. The highest BCUT2D eigenvalue weighted by Crippen LogP contribution is 1.95. The average Bonchev–Trinajstić information content (AvgIpc) is 1.85. The second-order valence-corrected chi connectivity index (χ2v) is 3.11. The van der Waals surface area contributed by atoms with Crippen LogP contribution in [0.25, 0.3) is 0 Å². The van der Waals surface area contributed by atoms with Crippen molar-refractivity contribution in [3.8, 4) is 0 Å². The third kappa shape index (κ3) is 2.72. The van der Waals surface area contributed by atoms with Gasteiger partial charge in [-0.25, -0.2) is 0 Å². The maximum Gasteiger partial charge on any atom is 0.141 e. The zero-order chi connectivity index (χ0) is 8.27. The molecule has 0 amide bonds. The van der Waals surface area contributed by atoms with Crippen molar-refractivity contribution in [3.63, 3.8) is 0 Å². The number of pyridine rings is 1. The summed E-state index contributed by atoms with van der Waals surface area (Å²) in [5.74, 6) is 0. The maximum atomic E-state index is 4.11. The largest absolute Gasteiger partial charge is 0.305 e. The quantitative estimate of drug-likeness (QED) is 0.520. The fourth-order valence-electron chi connectivity index (χ4n) is 1.07.